The Morgan fingerprint density at radius 2 is 1.93 bits per heavy atom. The van der Waals surface area contributed by atoms with Crippen molar-refractivity contribution >= 4 is 11.8 Å². The lowest BCUT2D eigenvalue weighted by atomic mass is 9.96. The summed E-state index contributed by atoms with van der Waals surface area (Å²) in [5.74, 6) is -0.805. The Kier molecular flexibility index (Phi) is 4.89. The van der Waals surface area contributed by atoms with Gasteiger partial charge >= 0.3 is 0 Å². The molecule has 4 rings (SSSR count). The number of carbonyl (C=O) groups excluding carboxylic acids is 2. The van der Waals surface area contributed by atoms with Crippen molar-refractivity contribution in [2.75, 3.05) is 13.1 Å². The minimum absolute atomic E-state index is 0.146. The molecule has 1 aliphatic heterocycles. The minimum atomic E-state index is -0.357. The van der Waals surface area contributed by atoms with Crippen molar-refractivity contribution in [3.63, 3.8) is 0 Å². The van der Waals surface area contributed by atoms with Crippen molar-refractivity contribution < 1.29 is 9.59 Å². The molecule has 2 aromatic heterocycles. The van der Waals surface area contributed by atoms with E-state index in [9.17, 15) is 9.59 Å². The van der Waals surface area contributed by atoms with Gasteiger partial charge in [0.15, 0.2) is 0 Å². The van der Waals surface area contributed by atoms with Crippen LogP contribution in [-0.2, 0) is 4.79 Å². The van der Waals surface area contributed by atoms with E-state index in [1.807, 2.05) is 42.5 Å². The average Bonchev–Trinajstić information content (AvgIpc) is 3.20. The summed E-state index contributed by atoms with van der Waals surface area (Å²) in [7, 11) is 0. The Hall–Kier alpha value is -3.48. The van der Waals surface area contributed by atoms with E-state index in [0.717, 1.165) is 24.1 Å². The number of pyridine rings is 1. The van der Waals surface area contributed by atoms with Crippen molar-refractivity contribution in [3.8, 4) is 16.9 Å². The first-order valence-electron chi connectivity index (χ1n) is 9.27. The number of likely N-dealkylation sites (tertiary alicyclic amines) is 1. The molecule has 0 radical (unpaired) electrons. The maximum Gasteiger partial charge on any atom is 0.257 e. The van der Waals surface area contributed by atoms with Gasteiger partial charge < -0.3 is 10.6 Å². The fourth-order valence-corrected chi connectivity index (χ4v) is 3.52. The van der Waals surface area contributed by atoms with Crippen LogP contribution in [0.1, 0.15) is 23.2 Å². The summed E-state index contributed by atoms with van der Waals surface area (Å²) in [6, 6.07) is 13.3. The number of amides is 2. The lowest BCUT2D eigenvalue weighted by Crippen LogP contribution is -2.44. The normalized spacial score (nSPS) is 16.7. The van der Waals surface area contributed by atoms with Gasteiger partial charge in [0, 0.05) is 37.2 Å². The quantitative estimate of drug-likeness (QED) is 0.757. The number of rotatable bonds is 4. The second kappa shape index (κ2) is 7.64. The van der Waals surface area contributed by atoms with Crippen LogP contribution in [-0.4, -0.2) is 44.6 Å². The van der Waals surface area contributed by atoms with Gasteiger partial charge in [-0.1, -0.05) is 18.2 Å². The van der Waals surface area contributed by atoms with E-state index in [1.165, 1.54) is 0 Å². The highest BCUT2D eigenvalue weighted by molar-refractivity contribution is 6.00. The zero-order valence-corrected chi connectivity index (χ0v) is 15.4. The third-order valence-electron chi connectivity index (χ3n) is 5.01. The van der Waals surface area contributed by atoms with E-state index in [0.29, 0.717) is 24.3 Å². The van der Waals surface area contributed by atoms with Crippen molar-refractivity contribution in [2.45, 2.75) is 12.8 Å². The van der Waals surface area contributed by atoms with Gasteiger partial charge in [0.25, 0.3) is 5.91 Å². The SMILES string of the molecule is NC(=O)C1CCCN(C(=O)c2cn(-c3ccccc3)nc2-c2cccnc2)C1. The predicted molar refractivity (Wildman–Crippen MR) is 105 cm³/mol. The molecule has 0 bridgehead atoms. The molecule has 0 saturated carbocycles. The first kappa shape index (κ1) is 17.9. The monoisotopic (exact) mass is 375 g/mol. The van der Waals surface area contributed by atoms with E-state index in [-0.39, 0.29) is 17.7 Å². The van der Waals surface area contributed by atoms with Crippen molar-refractivity contribution in [1.82, 2.24) is 19.7 Å². The van der Waals surface area contributed by atoms with Crippen molar-refractivity contribution in [1.29, 1.82) is 0 Å². The van der Waals surface area contributed by atoms with E-state index in [4.69, 9.17) is 5.73 Å². The smallest absolute Gasteiger partial charge is 0.257 e. The Morgan fingerprint density at radius 1 is 1.11 bits per heavy atom. The number of piperidine rings is 1. The average molecular weight is 375 g/mol. The van der Waals surface area contributed by atoms with Gasteiger partial charge in [-0.2, -0.15) is 5.10 Å². The van der Waals surface area contributed by atoms with Crippen LogP contribution in [0, 0.1) is 5.92 Å². The lowest BCUT2D eigenvalue weighted by Gasteiger charge is -2.31. The topological polar surface area (TPSA) is 94.1 Å². The van der Waals surface area contributed by atoms with Crippen LogP contribution in [0.5, 0.6) is 0 Å². The van der Waals surface area contributed by atoms with Crippen LogP contribution in [0.2, 0.25) is 0 Å². The zero-order chi connectivity index (χ0) is 19.5. The molecule has 142 valence electrons. The number of hydrogen-bond donors (Lipinski definition) is 1. The molecule has 1 aliphatic rings. The van der Waals surface area contributed by atoms with E-state index in [2.05, 4.69) is 10.1 Å². The molecule has 28 heavy (non-hydrogen) atoms. The maximum absolute atomic E-state index is 13.3. The number of hydrogen-bond acceptors (Lipinski definition) is 4. The van der Waals surface area contributed by atoms with Gasteiger partial charge in [0.2, 0.25) is 5.91 Å². The maximum atomic E-state index is 13.3. The molecule has 2 N–H and O–H groups in total. The molecule has 1 unspecified atom stereocenters. The number of primary amides is 1. The molecule has 3 aromatic rings. The molecule has 1 saturated heterocycles. The number of para-hydroxylation sites is 1. The highest BCUT2D eigenvalue weighted by Gasteiger charge is 2.30. The summed E-state index contributed by atoms with van der Waals surface area (Å²) in [5.41, 5.74) is 8.16. The van der Waals surface area contributed by atoms with Crippen LogP contribution in [0.4, 0.5) is 0 Å². The van der Waals surface area contributed by atoms with Gasteiger partial charge in [-0.05, 0) is 37.1 Å². The summed E-state index contributed by atoms with van der Waals surface area (Å²) < 4.78 is 1.70. The standard InChI is InChI=1S/C21H21N5O2/c22-20(27)16-7-5-11-25(13-16)21(28)18-14-26(17-8-2-1-3-9-17)24-19(18)15-6-4-10-23-12-15/h1-4,6,8-10,12,14,16H,5,7,11,13H2,(H2,22,27). The Morgan fingerprint density at radius 3 is 2.64 bits per heavy atom. The summed E-state index contributed by atoms with van der Waals surface area (Å²) in [5, 5.41) is 4.66. The van der Waals surface area contributed by atoms with Gasteiger partial charge in [-0.15, -0.1) is 0 Å². The van der Waals surface area contributed by atoms with Gasteiger partial charge in [0.1, 0.15) is 5.69 Å². The molecule has 1 aromatic carbocycles. The molecule has 2 amide bonds. The van der Waals surface area contributed by atoms with Crippen LogP contribution in [0.25, 0.3) is 16.9 Å². The first-order valence-corrected chi connectivity index (χ1v) is 9.27. The molecule has 7 heteroatoms. The molecule has 0 aliphatic carbocycles. The van der Waals surface area contributed by atoms with Gasteiger partial charge in [-0.25, -0.2) is 4.68 Å². The van der Waals surface area contributed by atoms with Gasteiger partial charge in [0.05, 0.1) is 17.2 Å². The summed E-state index contributed by atoms with van der Waals surface area (Å²) in [6.07, 6.45) is 6.60. The highest BCUT2D eigenvalue weighted by atomic mass is 16.2. The van der Waals surface area contributed by atoms with E-state index in [1.54, 1.807) is 28.2 Å². The fraction of sp³-hybridized carbons (Fsp3) is 0.238. The van der Waals surface area contributed by atoms with Crippen molar-refractivity contribution in [2.24, 2.45) is 11.7 Å². The summed E-state index contributed by atoms with van der Waals surface area (Å²) in [4.78, 5) is 30.8. The van der Waals surface area contributed by atoms with Crippen LogP contribution in [0.15, 0.2) is 61.1 Å². The molecular formula is C21H21N5O2. The molecule has 0 spiro atoms. The van der Waals surface area contributed by atoms with Crippen LogP contribution in [0.3, 0.4) is 0 Å². The zero-order valence-electron chi connectivity index (χ0n) is 15.4. The molecular weight excluding hydrogens is 354 g/mol. The molecule has 3 heterocycles. The second-order valence-corrected chi connectivity index (χ2v) is 6.91. The predicted octanol–water partition coefficient (Wildman–Crippen LogP) is 2.27. The Labute approximate surface area is 162 Å². The third kappa shape index (κ3) is 3.51. The lowest BCUT2D eigenvalue weighted by molar-refractivity contribution is -0.123. The molecule has 7 nitrogen and oxygen atoms in total. The van der Waals surface area contributed by atoms with Crippen molar-refractivity contribution in [3.05, 3.63) is 66.6 Å². The van der Waals surface area contributed by atoms with E-state index < -0.39 is 0 Å². The van der Waals surface area contributed by atoms with Gasteiger partial charge in [-0.3, -0.25) is 14.6 Å². The first-order chi connectivity index (χ1) is 13.6. The third-order valence-corrected chi connectivity index (χ3v) is 5.01. The number of aromatic nitrogens is 3. The number of nitrogens with two attached hydrogens (primary N) is 1. The molecule has 1 atom stereocenters. The van der Waals surface area contributed by atoms with Crippen LogP contribution >= 0.6 is 0 Å². The summed E-state index contributed by atoms with van der Waals surface area (Å²) >= 11 is 0. The van der Waals surface area contributed by atoms with E-state index >= 15 is 0 Å². The number of benzene rings is 1. The minimum Gasteiger partial charge on any atom is -0.369 e. The molecule has 1 fully saturated rings. The largest absolute Gasteiger partial charge is 0.369 e. The highest BCUT2D eigenvalue weighted by Crippen LogP contribution is 2.26. The number of carbonyl (C=O) groups is 2. The fourth-order valence-electron chi connectivity index (χ4n) is 3.52. The Bertz CT molecular complexity index is 985. The number of nitrogens with zero attached hydrogens (tertiary/aromatic N) is 4. The second-order valence-electron chi connectivity index (χ2n) is 6.91. The van der Waals surface area contributed by atoms with Crippen LogP contribution < -0.4 is 5.73 Å². The summed E-state index contributed by atoms with van der Waals surface area (Å²) in [6.45, 7) is 0.947. The Balaban J connectivity index is 1.73.